The van der Waals surface area contributed by atoms with Crippen molar-refractivity contribution in [2.24, 2.45) is 0 Å². The van der Waals surface area contributed by atoms with Gasteiger partial charge in [0.25, 0.3) is 0 Å². The molecule has 3 heteroatoms. The molecule has 2 rings (SSSR count). The maximum absolute atomic E-state index is 11.9. The molecule has 0 bridgehead atoms. The number of hydrogen-bond acceptors (Lipinski definition) is 2. The fourth-order valence-electron chi connectivity index (χ4n) is 2.15. The molecule has 0 spiro atoms. The van der Waals surface area contributed by atoms with Crippen molar-refractivity contribution in [1.29, 1.82) is 0 Å². The maximum atomic E-state index is 11.9. The summed E-state index contributed by atoms with van der Waals surface area (Å²) in [5, 5.41) is 2.13. The van der Waals surface area contributed by atoms with E-state index in [2.05, 4.69) is 18.4 Å². The van der Waals surface area contributed by atoms with Crippen molar-refractivity contribution in [3.8, 4) is 0 Å². The van der Waals surface area contributed by atoms with E-state index >= 15 is 0 Å². The summed E-state index contributed by atoms with van der Waals surface area (Å²) in [5.74, 6) is 0.338. The van der Waals surface area contributed by atoms with E-state index in [1.807, 2.05) is 16.2 Å². The summed E-state index contributed by atoms with van der Waals surface area (Å²) < 4.78 is 0. The Morgan fingerprint density at radius 2 is 2.38 bits per heavy atom. The molecular formula is C13H19NOS. The van der Waals surface area contributed by atoms with E-state index in [0.29, 0.717) is 5.91 Å². The zero-order valence-electron chi connectivity index (χ0n) is 9.87. The number of fused-ring (bicyclic) bond motifs is 1. The summed E-state index contributed by atoms with van der Waals surface area (Å²) in [6.45, 7) is 3.92. The molecule has 0 atom stereocenters. The molecule has 0 N–H and O–H groups in total. The minimum atomic E-state index is 0.338. The van der Waals surface area contributed by atoms with Gasteiger partial charge in [-0.2, -0.15) is 0 Å². The van der Waals surface area contributed by atoms with Gasteiger partial charge in [-0.1, -0.05) is 19.8 Å². The van der Waals surface area contributed by atoms with E-state index in [0.717, 1.165) is 32.4 Å². The van der Waals surface area contributed by atoms with Crippen LogP contribution < -0.4 is 0 Å². The maximum Gasteiger partial charge on any atom is 0.222 e. The highest BCUT2D eigenvalue weighted by Crippen LogP contribution is 2.24. The van der Waals surface area contributed by atoms with Gasteiger partial charge in [-0.15, -0.1) is 11.3 Å². The molecule has 1 aliphatic rings. The topological polar surface area (TPSA) is 20.3 Å². The highest BCUT2D eigenvalue weighted by atomic mass is 32.1. The van der Waals surface area contributed by atoms with Gasteiger partial charge in [0.05, 0.1) is 0 Å². The normalized spacial score (nSPS) is 14.9. The lowest BCUT2D eigenvalue weighted by atomic mass is 10.1. The predicted molar refractivity (Wildman–Crippen MR) is 67.6 cm³/mol. The van der Waals surface area contributed by atoms with E-state index < -0.39 is 0 Å². The van der Waals surface area contributed by atoms with Crippen LogP contribution in [0.1, 0.15) is 43.0 Å². The second kappa shape index (κ2) is 5.48. The van der Waals surface area contributed by atoms with E-state index in [1.165, 1.54) is 23.3 Å². The van der Waals surface area contributed by atoms with Crippen molar-refractivity contribution in [2.75, 3.05) is 6.54 Å². The first-order chi connectivity index (χ1) is 7.81. The summed E-state index contributed by atoms with van der Waals surface area (Å²) in [7, 11) is 0. The Labute approximate surface area is 101 Å². The molecule has 0 unspecified atom stereocenters. The van der Waals surface area contributed by atoms with Gasteiger partial charge >= 0.3 is 0 Å². The Morgan fingerprint density at radius 1 is 1.50 bits per heavy atom. The Bertz CT molecular complexity index is 359. The van der Waals surface area contributed by atoms with Gasteiger partial charge < -0.3 is 4.90 Å². The van der Waals surface area contributed by atoms with Crippen molar-refractivity contribution in [3.05, 3.63) is 21.9 Å². The first-order valence-electron chi connectivity index (χ1n) is 6.14. The van der Waals surface area contributed by atoms with Crippen LogP contribution in [0.3, 0.4) is 0 Å². The van der Waals surface area contributed by atoms with Crippen molar-refractivity contribution >= 4 is 17.2 Å². The smallest absolute Gasteiger partial charge is 0.222 e. The minimum absolute atomic E-state index is 0.338. The molecule has 16 heavy (non-hydrogen) atoms. The van der Waals surface area contributed by atoms with Gasteiger partial charge in [0, 0.05) is 24.4 Å². The monoisotopic (exact) mass is 237 g/mol. The summed E-state index contributed by atoms with van der Waals surface area (Å²) in [4.78, 5) is 15.4. The quantitative estimate of drug-likeness (QED) is 0.736. The van der Waals surface area contributed by atoms with Crippen LogP contribution in [0.4, 0.5) is 0 Å². The van der Waals surface area contributed by atoms with Crippen molar-refractivity contribution in [1.82, 2.24) is 4.90 Å². The van der Waals surface area contributed by atoms with E-state index in [9.17, 15) is 4.79 Å². The lowest BCUT2D eigenvalue weighted by Gasteiger charge is -2.27. The molecule has 0 aliphatic carbocycles. The number of carbonyl (C=O) groups is 1. The molecule has 1 aliphatic heterocycles. The van der Waals surface area contributed by atoms with Crippen LogP contribution in [0.2, 0.25) is 0 Å². The first kappa shape index (κ1) is 11.6. The third kappa shape index (κ3) is 2.64. The third-order valence-electron chi connectivity index (χ3n) is 3.15. The lowest BCUT2D eigenvalue weighted by Crippen LogP contribution is -2.35. The molecule has 0 radical (unpaired) electrons. The zero-order chi connectivity index (χ0) is 11.4. The van der Waals surface area contributed by atoms with Crippen molar-refractivity contribution in [3.63, 3.8) is 0 Å². The largest absolute Gasteiger partial charge is 0.338 e. The number of hydrogen-bond donors (Lipinski definition) is 0. The van der Waals surface area contributed by atoms with Gasteiger partial charge in [-0.3, -0.25) is 4.79 Å². The van der Waals surface area contributed by atoms with Crippen LogP contribution in [-0.4, -0.2) is 17.4 Å². The zero-order valence-corrected chi connectivity index (χ0v) is 10.7. The average Bonchev–Trinajstić information content (AvgIpc) is 2.76. The summed E-state index contributed by atoms with van der Waals surface area (Å²) >= 11 is 1.82. The highest BCUT2D eigenvalue weighted by molar-refractivity contribution is 7.10. The molecule has 88 valence electrons. The summed E-state index contributed by atoms with van der Waals surface area (Å²) in [5.41, 5.74) is 1.36. The lowest BCUT2D eigenvalue weighted by molar-refractivity contribution is -0.132. The van der Waals surface area contributed by atoms with Crippen LogP contribution in [-0.2, 0) is 17.8 Å². The van der Waals surface area contributed by atoms with Crippen LogP contribution in [0.25, 0.3) is 0 Å². The number of thiophene rings is 1. The van der Waals surface area contributed by atoms with Crippen molar-refractivity contribution < 1.29 is 4.79 Å². The summed E-state index contributed by atoms with van der Waals surface area (Å²) in [6, 6.07) is 2.16. The highest BCUT2D eigenvalue weighted by Gasteiger charge is 2.20. The molecule has 2 heterocycles. The van der Waals surface area contributed by atoms with E-state index in [4.69, 9.17) is 0 Å². The van der Waals surface area contributed by atoms with E-state index in [-0.39, 0.29) is 0 Å². The molecule has 0 saturated carbocycles. The molecule has 2 nitrogen and oxygen atoms in total. The Hall–Kier alpha value is -0.830. The van der Waals surface area contributed by atoms with Gasteiger partial charge in [0.15, 0.2) is 0 Å². The Kier molecular flexibility index (Phi) is 3.99. The molecular weight excluding hydrogens is 218 g/mol. The second-order valence-electron chi connectivity index (χ2n) is 4.39. The molecule has 0 fully saturated rings. The Balaban J connectivity index is 1.86. The third-order valence-corrected chi connectivity index (χ3v) is 4.18. The molecule has 1 aromatic heterocycles. The van der Waals surface area contributed by atoms with Gasteiger partial charge in [0.2, 0.25) is 5.91 Å². The number of nitrogens with zero attached hydrogens (tertiary/aromatic N) is 1. The molecule has 0 aromatic carbocycles. The van der Waals surface area contributed by atoms with Crippen molar-refractivity contribution in [2.45, 2.75) is 45.6 Å². The van der Waals surface area contributed by atoms with Crippen LogP contribution in [0, 0.1) is 0 Å². The van der Waals surface area contributed by atoms with Gasteiger partial charge in [-0.25, -0.2) is 0 Å². The molecule has 1 amide bonds. The average molecular weight is 237 g/mol. The van der Waals surface area contributed by atoms with Gasteiger partial charge in [0.1, 0.15) is 0 Å². The predicted octanol–water partition coefficient (Wildman–Crippen LogP) is 3.21. The standard InChI is InChI=1S/C13H19NOS/c1-2-3-4-5-13(15)14-8-6-12-11(10-14)7-9-16-12/h7,9H,2-6,8,10H2,1H3. The van der Waals surface area contributed by atoms with Crippen LogP contribution in [0.5, 0.6) is 0 Å². The first-order valence-corrected chi connectivity index (χ1v) is 7.02. The molecule has 0 saturated heterocycles. The summed E-state index contributed by atoms with van der Waals surface area (Å²) in [6.07, 6.45) is 5.17. The number of rotatable bonds is 4. The minimum Gasteiger partial charge on any atom is -0.338 e. The SMILES string of the molecule is CCCCCC(=O)N1CCc2sccc2C1. The van der Waals surface area contributed by atoms with Gasteiger partial charge in [-0.05, 0) is 29.9 Å². The van der Waals surface area contributed by atoms with Crippen LogP contribution in [0.15, 0.2) is 11.4 Å². The number of carbonyl (C=O) groups excluding carboxylic acids is 1. The van der Waals surface area contributed by atoms with E-state index in [1.54, 1.807) is 0 Å². The van der Waals surface area contributed by atoms with Crippen LogP contribution >= 0.6 is 11.3 Å². The second-order valence-corrected chi connectivity index (χ2v) is 5.39. The number of unbranched alkanes of at least 4 members (excludes halogenated alkanes) is 2. The number of amides is 1. The Morgan fingerprint density at radius 3 is 3.19 bits per heavy atom. The fraction of sp³-hybridized carbons (Fsp3) is 0.615. The fourth-order valence-corrected chi connectivity index (χ4v) is 3.04. The molecule has 1 aromatic rings.